The minimum atomic E-state index is 0.165. The number of benzene rings is 1. The minimum Gasteiger partial charge on any atom is -0.497 e. The molecule has 0 radical (unpaired) electrons. The average Bonchev–Trinajstić information content (AvgIpc) is 2.68. The molecule has 2 heteroatoms. The van der Waals surface area contributed by atoms with Gasteiger partial charge in [0.15, 0.2) is 0 Å². The van der Waals surface area contributed by atoms with Gasteiger partial charge in [-0.15, -0.1) is 0 Å². The summed E-state index contributed by atoms with van der Waals surface area (Å²) in [5.74, 6) is 1.14. The second kappa shape index (κ2) is 3.25. The van der Waals surface area contributed by atoms with Crippen LogP contribution in [0.4, 0.5) is 0 Å². The standard InChI is InChI=1S/C14H15NO/c1-16-12-3-2-10-4-6-14(13(10)8-12)7-5-11(14)9-15/h2-3,8,11H,4-7H2,1H3. The van der Waals surface area contributed by atoms with Gasteiger partial charge in [0.05, 0.1) is 19.1 Å². The first-order valence-corrected chi connectivity index (χ1v) is 5.87. The van der Waals surface area contributed by atoms with Crippen LogP contribution < -0.4 is 4.74 Å². The molecule has 0 aromatic heterocycles. The van der Waals surface area contributed by atoms with Gasteiger partial charge in [-0.3, -0.25) is 0 Å². The van der Waals surface area contributed by atoms with Crippen molar-refractivity contribution in [3.63, 3.8) is 0 Å². The molecule has 0 saturated heterocycles. The van der Waals surface area contributed by atoms with Crippen molar-refractivity contribution in [2.75, 3.05) is 7.11 Å². The third kappa shape index (κ3) is 1.06. The molecule has 2 aliphatic carbocycles. The monoisotopic (exact) mass is 213 g/mol. The van der Waals surface area contributed by atoms with E-state index in [2.05, 4.69) is 18.2 Å². The SMILES string of the molecule is COc1ccc2c(c1)C1(CC2)CCC1C#N. The molecule has 0 amide bonds. The van der Waals surface area contributed by atoms with Crippen LogP contribution in [0.25, 0.3) is 0 Å². The van der Waals surface area contributed by atoms with Gasteiger partial charge in [0.25, 0.3) is 0 Å². The predicted molar refractivity (Wildman–Crippen MR) is 61.3 cm³/mol. The van der Waals surface area contributed by atoms with Gasteiger partial charge >= 0.3 is 0 Å². The molecule has 1 saturated carbocycles. The molecule has 3 rings (SSSR count). The lowest BCUT2D eigenvalue weighted by molar-refractivity contribution is 0.171. The predicted octanol–water partition coefficient (Wildman–Crippen LogP) is 2.81. The highest BCUT2D eigenvalue weighted by Gasteiger charge is 2.51. The maximum atomic E-state index is 9.18. The zero-order chi connectivity index (χ0) is 11.2. The Morgan fingerprint density at radius 2 is 2.31 bits per heavy atom. The number of nitriles is 1. The van der Waals surface area contributed by atoms with Gasteiger partial charge in [-0.25, -0.2) is 0 Å². The van der Waals surface area contributed by atoms with Crippen molar-refractivity contribution < 1.29 is 4.74 Å². The third-order valence-electron chi connectivity index (χ3n) is 4.40. The van der Waals surface area contributed by atoms with E-state index < -0.39 is 0 Å². The van der Waals surface area contributed by atoms with E-state index in [0.717, 1.165) is 25.0 Å². The van der Waals surface area contributed by atoms with E-state index in [1.807, 2.05) is 6.07 Å². The third-order valence-corrected chi connectivity index (χ3v) is 4.40. The van der Waals surface area contributed by atoms with Gasteiger partial charge in [-0.05, 0) is 48.9 Å². The molecule has 0 aliphatic heterocycles. The zero-order valence-corrected chi connectivity index (χ0v) is 9.49. The van der Waals surface area contributed by atoms with E-state index in [0.29, 0.717) is 0 Å². The summed E-state index contributed by atoms with van der Waals surface area (Å²) in [6, 6.07) is 8.80. The number of methoxy groups -OCH3 is 1. The Balaban J connectivity index is 2.08. The van der Waals surface area contributed by atoms with Crippen LogP contribution in [0.15, 0.2) is 18.2 Å². The van der Waals surface area contributed by atoms with Gasteiger partial charge in [0, 0.05) is 5.41 Å². The molecular formula is C14H15NO. The maximum Gasteiger partial charge on any atom is 0.119 e. The minimum absolute atomic E-state index is 0.165. The topological polar surface area (TPSA) is 33.0 Å². The van der Waals surface area contributed by atoms with Crippen LogP contribution in [-0.2, 0) is 11.8 Å². The highest BCUT2D eigenvalue weighted by atomic mass is 16.5. The number of aryl methyl sites for hydroxylation is 1. The summed E-state index contributed by atoms with van der Waals surface area (Å²) in [6.07, 6.45) is 4.50. The summed E-state index contributed by atoms with van der Waals surface area (Å²) in [7, 11) is 1.70. The van der Waals surface area contributed by atoms with Crippen molar-refractivity contribution in [1.82, 2.24) is 0 Å². The quantitative estimate of drug-likeness (QED) is 0.718. The molecule has 2 atom stereocenters. The second-order valence-electron chi connectivity index (χ2n) is 4.90. The number of hydrogen-bond acceptors (Lipinski definition) is 2. The molecule has 1 spiro atoms. The highest BCUT2D eigenvalue weighted by Crippen LogP contribution is 2.56. The van der Waals surface area contributed by atoms with E-state index >= 15 is 0 Å². The summed E-state index contributed by atoms with van der Waals surface area (Å²) in [5, 5.41) is 9.18. The first kappa shape index (κ1) is 9.72. The van der Waals surface area contributed by atoms with Gasteiger partial charge < -0.3 is 4.74 Å². The fourth-order valence-corrected chi connectivity index (χ4v) is 3.30. The van der Waals surface area contributed by atoms with Gasteiger partial charge in [-0.1, -0.05) is 6.07 Å². The van der Waals surface area contributed by atoms with Crippen molar-refractivity contribution >= 4 is 0 Å². The van der Waals surface area contributed by atoms with E-state index in [1.54, 1.807) is 7.11 Å². The van der Waals surface area contributed by atoms with E-state index in [4.69, 9.17) is 4.74 Å². The number of nitrogens with zero attached hydrogens (tertiary/aromatic N) is 1. The van der Waals surface area contributed by atoms with Gasteiger partial charge in [0.2, 0.25) is 0 Å². The molecule has 1 aromatic rings. The fourth-order valence-electron chi connectivity index (χ4n) is 3.30. The van der Waals surface area contributed by atoms with Crippen molar-refractivity contribution in [2.45, 2.75) is 31.1 Å². The number of fused-ring (bicyclic) bond motifs is 2. The smallest absolute Gasteiger partial charge is 0.119 e. The summed E-state index contributed by atoms with van der Waals surface area (Å²) in [5.41, 5.74) is 2.96. The summed E-state index contributed by atoms with van der Waals surface area (Å²) in [4.78, 5) is 0. The van der Waals surface area contributed by atoms with Crippen LogP contribution in [-0.4, -0.2) is 7.11 Å². The van der Waals surface area contributed by atoms with Crippen molar-refractivity contribution in [1.29, 1.82) is 5.26 Å². The lowest BCUT2D eigenvalue weighted by Crippen LogP contribution is -2.41. The molecule has 2 unspecified atom stereocenters. The molecule has 2 aliphatic rings. The number of rotatable bonds is 1. The summed E-state index contributed by atoms with van der Waals surface area (Å²) in [6.45, 7) is 0. The van der Waals surface area contributed by atoms with Crippen molar-refractivity contribution in [2.24, 2.45) is 5.92 Å². The fraction of sp³-hybridized carbons (Fsp3) is 0.500. The Kier molecular flexibility index (Phi) is 1.97. The highest BCUT2D eigenvalue weighted by molar-refractivity contribution is 5.47. The lowest BCUT2D eigenvalue weighted by atomic mass is 9.58. The van der Waals surface area contributed by atoms with E-state index in [-0.39, 0.29) is 11.3 Å². The van der Waals surface area contributed by atoms with Crippen LogP contribution >= 0.6 is 0 Å². The van der Waals surface area contributed by atoms with Crippen LogP contribution in [0.1, 0.15) is 30.4 Å². The van der Waals surface area contributed by atoms with Gasteiger partial charge in [-0.2, -0.15) is 5.26 Å². The van der Waals surface area contributed by atoms with Crippen LogP contribution in [0, 0.1) is 17.2 Å². The van der Waals surface area contributed by atoms with Crippen LogP contribution in [0.2, 0.25) is 0 Å². The number of ether oxygens (including phenoxy) is 1. The normalized spacial score (nSPS) is 30.6. The van der Waals surface area contributed by atoms with E-state index in [1.165, 1.54) is 17.5 Å². The Bertz CT molecular complexity index is 474. The van der Waals surface area contributed by atoms with Gasteiger partial charge in [0.1, 0.15) is 5.75 Å². The molecule has 1 aromatic carbocycles. The van der Waals surface area contributed by atoms with Crippen LogP contribution in [0.3, 0.4) is 0 Å². The zero-order valence-electron chi connectivity index (χ0n) is 9.49. The molecule has 0 N–H and O–H groups in total. The molecule has 0 heterocycles. The maximum absolute atomic E-state index is 9.18. The van der Waals surface area contributed by atoms with E-state index in [9.17, 15) is 5.26 Å². The molecule has 1 fully saturated rings. The molecule has 2 nitrogen and oxygen atoms in total. The summed E-state index contributed by atoms with van der Waals surface area (Å²) < 4.78 is 5.29. The molecule has 16 heavy (non-hydrogen) atoms. The Labute approximate surface area is 95.8 Å². The molecular weight excluding hydrogens is 198 g/mol. The Morgan fingerprint density at radius 3 is 2.94 bits per heavy atom. The Hall–Kier alpha value is -1.49. The first-order valence-electron chi connectivity index (χ1n) is 5.87. The molecule has 82 valence electrons. The largest absolute Gasteiger partial charge is 0.497 e. The summed E-state index contributed by atoms with van der Waals surface area (Å²) >= 11 is 0. The lowest BCUT2D eigenvalue weighted by Gasteiger charge is -2.44. The Morgan fingerprint density at radius 1 is 1.44 bits per heavy atom. The number of hydrogen-bond donors (Lipinski definition) is 0. The first-order chi connectivity index (χ1) is 7.80. The van der Waals surface area contributed by atoms with Crippen LogP contribution in [0.5, 0.6) is 5.75 Å². The second-order valence-corrected chi connectivity index (χ2v) is 4.90. The molecule has 0 bridgehead atoms. The van der Waals surface area contributed by atoms with Crippen molar-refractivity contribution in [3.8, 4) is 11.8 Å². The van der Waals surface area contributed by atoms with Crippen molar-refractivity contribution in [3.05, 3.63) is 29.3 Å². The average molecular weight is 213 g/mol.